The minimum Gasteiger partial charge on any atom is -0.345 e. The first-order valence-corrected chi connectivity index (χ1v) is 4.41. The lowest BCUT2D eigenvalue weighted by atomic mass is 10.1. The van der Waals surface area contributed by atoms with Crippen molar-refractivity contribution in [2.75, 3.05) is 0 Å². The van der Waals surface area contributed by atoms with Crippen molar-refractivity contribution in [2.45, 2.75) is 6.92 Å². The highest BCUT2D eigenvalue weighted by Crippen LogP contribution is 2.22. The van der Waals surface area contributed by atoms with Gasteiger partial charge in [0.25, 0.3) is 0 Å². The lowest BCUT2D eigenvalue weighted by molar-refractivity contribution is 1.29. The molecule has 0 atom stereocenters. The van der Waals surface area contributed by atoms with Crippen LogP contribution in [0.1, 0.15) is 5.56 Å². The highest BCUT2D eigenvalue weighted by atomic mass is 35.5. The highest BCUT2D eigenvalue weighted by molar-refractivity contribution is 6.30. The van der Waals surface area contributed by atoms with Crippen LogP contribution in [-0.4, -0.2) is 9.97 Å². The van der Waals surface area contributed by atoms with Gasteiger partial charge in [0.05, 0.1) is 0 Å². The number of aromatic amines is 1. The predicted octanol–water partition coefficient (Wildman–Crippen LogP) is 3.04. The van der Waals surface area contributed by atoms with Gasteiger partial charge in [-0.25, -0.2) is 4.98 Å². The zero-order chi connectivity index (χ0) is 9.26. The summed E-state index contributed by atoms with van der Waals surface area (Å²) in [6.07, 6.45) is 3.55. The van der Waals surface area contributed by atoms with Gasteiger partial charge in [0.2, 0.25) is 0 Å². The lowest BCUT2D eigenvalue weighted by Crippen LogP contribution is -1.84. The van der Waals surface area contributed by atoms with E-state index in [0.29, 0.717) is 0 Å². The quantitative estimate of drug-likeness (QED) is 0.739. The Morgan fingerprint density at radius 3 is 2.85 bits per heavy atom. The van der Waals surface area contributed by atoms with E-state index in [-0.39, 0.29) is 0 Å². The number of aromatic nitrogens is 2. The Balaban J connectivity index is 2.53. The Hall–Kier alpha value is -1.28. The summed E-state index contributed by atoms with van der Waals surface area (Å²) >= 11 is 5.85. The van der Waals surface area contributed by atoms with Crippen molar-refractivity contribution in [3.8, 4) is 11.4 Å². The molecule has 1 aromatic heterocycles. The normalized spacial score (nSPS) is 10.3. The van der Waals surface area contributed by atoms with Gasteiger partial charge in [0.15, 0.2) is 0 Å². The first-order chi connectivity index (χ1) is 6.27. The fraction of sp³-hybridized carbons (Fsp3) is 0.100. The number of hydrogen-bond acceptors (Lipinski definition) is 1. The molecular formula is C10H9ClN2. The van der Waals surface area contributed by atoms with E-state index in [4.69, 9.17) is 11.6 Å². The third-order valence-corrected chi connectivity index (χ3v) is 2.18. The van der Waals surface area contributed by atoms with Crippen LogP contribution >= 0.6 is 11.6 Å². The average molecular weight is 193 g/mol. The number of imidazole rings is 1. The van der Waals surface area contributed by atoms with E-state index in [1.165, 1.54) is 0 Å². The maximum atomic E-state index is 5.85. The maximum absolute atomic E-state index is 5.85. The summed E-state index contributed by atoms with van der Waals surface area (Å²) in [5.41, 5.74) is 2.22. The van der Waals surface area contributed by atoms with E-state index in [0.717, 1.165) is 22.0 Å². The number of halogens is 1. The van der Waals surface area contributed by atoms with Crippen LogP contribution in [0.4, 0.5) is 0 Å². The van der Waals surface area contributed by atoms with Gasteiger partial charge in [-0.2, -0.15) is 0 Å². The second kappa shape index (κ2) is 3.23. The molecule has 66 valence electrons. The topological polar surface area (TPSA) is 28.7 Å². The maximum Gasteiger partial charge on any atom is 0.137 e. The summed E-state index contributed by atoms with van der Waals surface area (Å²) in [6.45, 7) is 2.02. The van der Waals surface area contributed by atoms with Crippen LogP contribution in [0, 0.1) is 6.92 Å². The molecule has 0 aliphatic rings. The van der Waals surface area contributed by atoms with Gasteiger partial charge in [-0.05, 0) is 30.7 Å². The number of nitrogens with one attached hydrogen (secondary N) is 1. The van der Waals surface area contributed by atoms with Crippen LogP contribution in [0.3, 0.4) is 0 Å². The van der Waals surface area contributed by atoms with E-state index < -0.39 is 0 Å². The first kappa shape index (κ1) is 8.32. The summed E-state index contributed by atoms with van der Waals surface area (Å²) in [7, 11) is 0. The number of rotatable bonds is 1. The van der Waals surface area contributed by atoms with Crippen LogP contribution < -0.4 is 0 Å². The summed E-state index contributed by atoms with van der Waals surface area (Å²) in [5.74, 6) is 0.883. The molecule has 0 saturated carbocycles. The van der Waals surface area contributed by atoms with E-state index in [2.05, 4.69) is 9.97 Å². The van der Waals surface area contributed by atoms with Crippen molar-refractivity contribution in [1.82, 2.24) is 9.97 Å². The minimum absolute atomic E-state index is 0.757. The molecule has 0 fully saturated rings. The SMILES string of the molecule is Cc1cc(Cl)ccc1-c1ncc[nH]1. The Morgan fingerprint density at radius 1 is 1.38 bits per heavy atom. The fourth-order valence-electron chi connectivity index (χ4n) is 1.31. The standard InChI is InChI=1S/C10H9ClN2/c1-7-6-8(11)2-3-9(7)10-12-4-5-13-10/h2-6H,1H3,(H,12,13). The van der Waals surface area contributed by atoms with Crippen molar-refractivity contribution in [3.63, 3.8) is 0 Å². The molecule has 2 aromatic rings. The van der Waals surface area contributed by atoms with Crippen molar-refractivity contribution in [3.05, 3.63) is 41.2 Å². The zero-order valence-electron chi connectivity index (χ0n) is 7.21. The van der Waals surface area contributed by atoms with Crippen LogP contribution in [0.2, 0.25) is 5.02 Å². The monoisotopic (exact) mass is 192 g/mol. The number of aryl methyl sites for hydroxylation is 1. The summed E-state index contributed by atoms with van der Waals surface area (Å²) < 4.78 is 0. The first-order valence-electron chi connectivity index (χ1n) is 4.03. The van der Waals surface area contributed by atoms with Crippen LogP contribution in [0.5, 0.6) is 0 Å². The molecule has 0 saturated heterocycles. The Kier molecular flexibility index (Phi) is 2.07. The number of hydrogen-bond donors (Lipinski definition) is 1. The van der Waals surface area contributed by atoms with Gasteiger partial charge >= 0.3 is 0 Å². The number of benzene rings is 1. The fourth-order valence-corrected chi connectivity index (χ4v) is 1.53. The molecule has 0 spiro atoms. The predicted molar refractivity (Wildman–Crippen MR) is 53.8 cm³/mol. The number of H-pyrrole nitrogens is 1. The summed E-state index contributed by atoms with van der Waals surface area (Å²) in [6, 6.07) is 5.77. The largest absolute Gasteiger partial charge is 0.345 e. The van der Waals surface area contributed by atoms with Crippen LogP contribution in [0.15, 0.2) is 30.6 Å². The third kappa shape index (κ3) is 1.58. The molecule has 0 aliphatic heterocycles. The van der Waals surface area contributed by atoms with Gasteiger partial charge < -0.3 is 4.98 Å². The van der Waals surface area contributed by atoms with Gasteiger partial charge in [-0.3, -0.25) is 0 Å². The van der Waals surface area contributed by atoms with E-state index in [1.807, 2.05) is 31.3 Å². The molecule has 2 nitrogen and oxygen atoms in total. The molecule has 0 bridgehead atoms. The minimum atomic E-state index is 0.757. The van der Waals surface area contributed by atoms with Crippen LogP contribution in [0.25, 0.3) is 11.4 Å². The van der Waals surface area contributed by atoms with Crippen molar-refractivity contribution in [2.24, 2.45) is 0 Å². The molecule has 0 amide bonds. The zero-order valence-corrected chi connectivity index (χ0v) is 7.97. The van der Waals surface area contributed by atoms with Crippen molar-refractivity contribution >= 4 is 11.6 Å². The Labute approximate surface area is 81.6 Å². The van der Waals surface area contributed by atoms with E-state index in [9.17, 15) is 0 Å². The number of nitrogens with zero attached hydrogens (tertiary/aromatic N) is 1. The smallest absolute Gasteiger partial charge is 0.137 e. The molecule has 0 unspecified atom stereocenters. The van der Waals surface area contributed by atoms with Crippen LogP contribution in [-0.2, 0) is 0 Å². The second-order valence-corrected chi connectivity index (χ2v) is 3.33. The summed E-state index contributed by atoms with van der Waals surface area (Å²) in [5, 5.41) is 0.757. The average Bonchev–Trinajstić information content (AvgIpc) is 2.56. The molecule has 13 heavy (non-hydrogen) atoms. The lowest BCUT2D eigenvalue weighted by Gasteiger charge is -2.01. The van der Waals surface area contributed by atoms with Gasteiger partial charge in [0.1, 0.15) is 5.82 Å². The Morgan fingerprint density at radius 2 is 2.23 bits per heavy atom. The molecule has 1 N–H and O–H groups in total. The van der Waals surface area contributed by atoms with Gasteiger partial charge in [-0.15, -0.1) is 0 Å². The van der Waals surface area contributed by atoms with E-state index in [1.54, 1.807) is 6.20 Å². The van der Waals surface area contributed by atoms with Gasteiger partial charge in [0, 0.05) is 23.0 Å². The second-order valence-electron chi connectivity index (χ2n) is 2.90. The molecule has 0 radical (unpaired) electrons. The van der Waals surface area contributed by atoms with E-state index >= 15 is 0 Å². The van der Waals surface area contributed by atoms with Crippen molar-refractivity contribution < 1.29 is 0 Å². The highest BCUT2D eigenvalue weighted by Gasteiger charge is 2.03. The molecule has 3 heteroatoms. The molecular weight excluding hydrogens is 184 g/mol. The summed E-state index contributed by atoms with van der Waals surface area (Å²) in [4.78, 5) is 7.24. The van der Waals surface area contributed by atoms with Gasteiger partial charge in [-0.1, -0.05) is 11.6 Å². The Bertz CT molecular complexity index is 407. The van der Waals surface area contributed by atoms with Crippen molar-refractivity contribution in [1.29, 1.82) is 0 Å². The molecule has 1 aromatic carbocycles. The third-order valence-electron chi connectivity index (χ3n) is 1.94. The molecule has 1 heterocycles. The molecule has 2 rings (SSSR count). The molecule has 0 aliphatic carbocycles.